The van der Waals surface area contributed by atoms with Crippen molar-refractivity contribution in [3.63, 3.8) is 0 Å². The summed E-state index contributed by atoms with van der Waals surface area (Å²) in [5, 5.41) is 5.11. The average molecular weight is 462 g/mol. The van der Waals surface area contributed by atoms with Gasteiger partial charge in [-0.25, -0.2) is 8.42 Å². The maximum absolute atomic E-state index is 13.0. The number of ether oxygens (including phenoxy) is 1. The first-order chi connectivity index (χ1) is 14.9. The lowest BCUT2D eigenvalue weighted by Gasteiger charge is -2.21. The normalized spacial score (nSPS) is 11.7. The summed E-state index contributed by atoms with van der Waals surface area (Å²) in [6.45, 7) is 8.31. The summed E-state index contributed by atoms with van der Waals surface area (Å²) in [4.78, 5) is 24.3. The van der Waals surface area contributed by atoms with Gasteiger partial charge in [-0.3, -0.25) is 14.3 Å². The molecule has 0 aliphatic carbocycles. The number of benzene rings is 2. The monoisotopic (exact) mass is 461 g/mol. The van der Waals surface area contributed by atoms with Crippen molar-refractivity contribution in [3.05, 3.63) is 59.2 Å². The Morgan fingerprint density at radius 2 is 1.75 bits per heavy atom. The summed E-state index contributed by atoms with van der Waals surface area (Å²) < 4.78 is 33.5. The Bertz CT molecular complexity index is 1080. The number of aryl methyl sites for hydroxylation is 1. The van der Waals surface area contributed by atoms with Gasteiger partial charge in [0.2, 0.25) is 5.91 Å². The molecule has 0 radical (unpaired) electrons. The number of nitrogens with one attached hydrogen (secondary N) is 3. The van der Waals surface area contributed by atoms with E-state index in [-0.39, 0.29) is 34.0 Å². The van der Waals surface area contributed by atoms with Gasteiger partial charge < -0.3 is 15.4 Å². The van der Waals surface area contributed by atoms with Crippen molar-refractivity contribution in [3.8, 4) is 0 Å². The quantitative estimate of drug-likeness (QED) is 0.497. The van der Waals surface area contributed by atoms with Crippen LogP contribution in [0.3, 0.4) is 0 Å². The number of carbonyl (C=O) groups excluding carboxylic acids is 2. The number of hydrogen-bond donors (Lipinski definition) is 3. The molecule has 0 fully saturated rings. The molecule has 0 spiro atoms. The third-order valence-electron chi connectivity index (χ3n) is 4.76. The van der Waals surface area contributed by atoms with Crippen LogP contribution in [0.1, 0.15) is 42.3 Å². The van der Waals surface area contributed by atoms with Crippen LogP contribution in [0.15, 0.2) is 47.4 Å². The highest BCUT2D eigenvalue weighted by atomic mass is 32.2. The molecule has 0 saturated heterocycles. The molecular weight excluding hydrogens is 430 g/mol. The zero-order valence-corrected chi connectivity index (χ0v) is 19.9. The molecule has 3 N–H and O–H groups in total. The van der Waals surface area contributed by atoms with Gasteiger partial charge in [-0.1, -0.05) is 39.0 Å². The van der Waals surface area contributed by atoms with Crippen LogP contribution < -0.4 is 15.4 Å². The summed E-state index contributed by atoms with van der Waals surface area (Å²) in [6.07, 6.45) is 0. The lowest BCUT2D eigenvalue weighted by Crippen LogP contribution is -2.38. The van der Waals surface area contributed by atoms with Gasteiger partial charge in [-0.05, 0) is 47.7 Å². The molecule has 8 nitrogen and oxygen atoms in total. The smallest absolute Gasteiger partial charge is 0.262 e. The van der Waals surface area contributed by atoms with Crippen LogP contribution in [0.2, 0.25) is 0 Å². The van der Waals surface area contributed by atoms with E-state index >= 15 is 0 Å². The molecule has 2 aromatic rings. The molecule has 0 bridgehead atoms. The van der Waals surface area contributed by atoms with Crippen LogP contribution in [0.4, 0.5) is 5.69 Å². The van der Waals surface area contributed by atoms with E-state index in [1.807, 2.05) is 26.8 Å². The number of methoxy groups -OCH3 is 1. The molecule has 0 aliphatic heterocycles. The molecule has 2 amide bonds. The highest BCUT2D eigenvalue weighted by Crippen LogP contribution is 2.28. The molecule has 0 aliphatic rings. The maximum atomic E-state index is 13.0. The number of hydrogen-bond acceptors (Lipinski definition) is 5. The minimum Gasteiger partial charge on any atom is -0.383 e. The predicted octanol–water partition coefficient (Wildman–Crippen LogP) is 2.59. The largest absolute Gasteiger partial charge is 0.383 e. The summed E-state index contributed by atoms with van der Waals surface area (Å²) in [7, 11) is -2.34. The van der Waals surface area contributed by atoms with Crippen molar-refractivity contribution in [2.45, 2.75) is 38.0 Å². The zero-order valence-electron chi connectivity index (χ0n) is 19.1. The fourth-order valence-electron chi connectivity index (χ4n) is 2.91. The number of rotatable bonds is 9. The Kier molecular flexibility index (Phi) is 8.40. The van der Waals surface area contributed by atoms with Crippen LogP contribution in [0.5, 0.6) is 0 Å². The van der Waals surface area contributed by atoms with Gasteiger partial charge in [-0.2, -0.15) is 0 Å². The number of amides is 2. The highest BCUT2D eigenvalue weighted by Gasteiger charge is 2.22. The molecule has 2 aromatic carbocycles. The van der Waals surface area contributed by atoms with Crippen molar-refractivity contribution < 1.29 is 22.7 Å². The van der Waals surface area contributed by atoms with Crippen LogP contribution in [0.25, 0.3) is 0 Å². The van der Waals surface area contributed by atoms with E-state index in [0.717, 1.165) is 5.56 Å². The van der Waals surface area contributed by atoms with Gasteiger partial charge in [-0.15, -0.1) is 0 Å². The molecule has 2 rings (SSSR count). The molecule has 174 valence electrons. The van der Waals surface area contributed by atoms with E-state index in [1.54, 1.807) is 37.3 Å². The van der Waals surface area contributed by atoms with Crippen LogP contribution in [0, 0.1) is 6.92 Å². The second kappa shape index (κ2) is 10.6. The first-order valence-corrected chi connectivity index (χ1v) is 11.7. The van der Waals surface area contributed by atoms with Crippen molar-refractivity contribution in [2.75, 3.05) is 31.5 Å². The standard InChI is InChI=1S/C23H31N3O5S/c1-16-9-10-18(23(2,3)4)14-20(16)32(29,30)26-19-8-6-7-17(13-19)22(28)25-15-21(27)24-11-12-31-5/h6-10,13-14,26H,11-12,15H2,1-5H3,(H,24,27)(H,25,28). The number of sulfonamides is 1. The van der Waals surface area contributed by atoms with Gasteiger partial charge in [0, 0.05) is 24.9 Å². The second-order valence-electron chi connectivity index (χ2n) is 8.44. The second-order valence-corrected chi connectivity index (χ2v) is 10.1. The van der Waals surface area contributed by atoms with Crippen LogP contribution in [-0.2, 0) is 25.0 Å². The molecule has 0 saturated carbocycles. The fraction of sp³-hybridized carbons (Fsp3) is 0.391. The summed E-state index contributed by atoms with van der Waals surface area (Å²) in [5.41, 5.74) is 1.81. The van der Waals surface area contributed by atoms with Gasteiger partial charge >= 0.3 is 0 Å². The van der Waals surface area contributed by atoms with Gasteiger partial charge in [0.1, 0.15) is 0 Å². The summed E-state index contributed by atoms with van der Waals surface area (Å²) in [5.74, 6) is -0.833. The van der Waals surface area contributed by atoms with E-state index in [0.29, 0.717) is 18.7 Å². The highest BCUT2D eigenvalue weighted by molar-refractivity contribution is 7.92. The Hall–Kier alpha value is -2.91. The van der Waals surface area contributed by atoms with Crippen molar-refractivity contribution in [2.24, 2.45) is 0 Å². The van der Waals surface area contributed by atoms with Crippen LogP contribution >= 0.6 is 0 Å². The van der Waals surface area contributed by atoms with E-state index in [1.165, 1.54) is 13.2 Å². The van der Waals surface area contributed by atoms with Crippen molar-refractivity contribution >= 4 is 27.5 Å². The molecule has 0 heterocycles. The number of carbonyl (C=O) groups is 2. The minimum absolute atomic E-state index is 0.188. The van der Waals surface area contributed by atoms with Crippen LogP contribution in [-0.4, -0.2) is 47.0 Å². The third-order valence-corrected chi connectivity index (χ3v) is 6.28. The van der Waals surface area contributed by atoms with E-state index in [4.69, 9.17) is 4.74 Å². The molecule has 9 heteroatoms. The van der Waals surface area contributed by atoms with E-state index < -0.39 is 15.9 Å². The molecule has 32 heavy (non-hydrogen) atoms. The molecular formula is C23H31N3O5S. The van der Waals surface area contributed by atoms with Crippen molar-refractivity contribution in [1.29, 1.82) is 0 Å². The van der Waals surface area contributed by atoms with Gasteiger partial charge in [0.05, 0.1) is 18.0 Å². The lowest BCUT2D eigenvalue weighted by molar-refractivity contribution is -0.120. The van der Waals surface area contributed by atoms with Crippen molar-refractivity contribution in [1.82, 2.24) is 10.6 Å². The Morgan fingerprint density at radius 3 is 2.41 bits per heavy atom. The minimum atomic E-state index is -3.87. The van der Waals surface area contributed by atoms with Gasteiger partial charge in [0.15, 0.2) is 0 Å². The SMILES string of the molecule is COCCNC(=O)CNC(=O)c1cccc(NS(=O)(=O)c2cc(C(C)(C)C)ccc2C)c1. The number of anilines is 1. The van der Waals surface area contributed by atoms with E-state index in [9.17, 15) is 18.0 Å². The first kappa shape index (κ1) is 25.4. The molecule has 0 atom stereocenters. The first-order valence-electron chi connectivity index (χ1n) is 10.2. The third kappa shape index (κ3) is 7.06. The lowest BCUT2D eigenvalue weighted by atomic mass is 9.87. The zero-order chi connectivity index (χ0) is 23.9. The van der Waals surface area contributed by atoms with E-state index in [2.05, 4.69) is 15.4 Å². The Balaban J connectivity index is 2.14. The van der Waals surface area contributed by atoms with Gasteiger partial charge in [0.25, 0.3) is 15.9 Å². The average Bonchev–Trinajstić information content (AvgIpc) is 2.71. The molecule has 0 aromatic heterocycles. The maximum Gasteiger partial charge on any atom is 0.262 e. The topological polar surface area (TPSA) is 114 Å². The summed E-state index contributed by atoms with van der Waals surface area (Å²) in [6, 6.07) is 11.5. The molecule has 0 unspecified atom stereocenters. The summed E-state index contributed by atoms with van der Waals surface area (Å²) >= 11 is 0. The fourth-order valence-corrected chi connectivity index (χ4v) is 4.23. The Morgan fingerprint density at radius 1 is 1.03 bits per heavy atom. The predicted molar refractivity (Wildman–Crippen MR) is 124 cm³/mol. The Labute approximate surface area is 189 Å².